The quantitative estimate of drug-likeness (QED) is 0.660. The van der Waals surface area contributed by atoms with Crippen LogP contribution in [0.1, 0.15) is 54.4 Å². The van der Waals surface area contributed by atoms with Gasteiger partial charge in [-0.15, -0.1) is 0 Å². The molecule has 0 spiro atoms. The molecule has 2 aliphatic rings. The standard InChI is InChI=1S/C24H28BrN3O3/c25-20-9-7-18(8-10-20)24(30)28-14-11-17(12-15-28)22(29)27-16-19-4-3-13-26-23(19)31-21-5-1-2-6-21/h3-4,7-10,13,17,21H,1-2,5-6,11-12,14-16H2,(H,27,29). The molecule has 0 bridgehead atoms. The Labute approximate surface area is 191 Å². The summed E-state index contributed by atoms with van der Waals surface area (Å²) in [6.45, 7) is 1.60. The topological polar surface area (TPSA) is 71.5 Å². The second-order valence-corrected chi connectivity index (χ2v) is 9.20. The van der Waals surface area contributed by atoms with Crippen molar-refractivity contribution in [3.05, 3.63) is 58.2 Å². The van der Waals surface area contributed by atoms with Crippen LogP contribution in [0.3, 0.4) is 0 Å². The average molecular weight is 486 g/mol. The summed E-state index contributed by atoms with van der Waals surface area (Å²) in [7, 11) is 0. The number of amides is 2. The molecule has 2 heterocycles. The van der Waals surface area contributed by atoms with Gasteiger partial charge in [-0.1, -0.05) is 22.0 Å². The lowest BCUT2D eigenvalue weighted by Gasteiger charge is -2.31. The number of nitrogens with zero attached hydrogens (tertiary/aromatic N) is 2. The van der Waals surface area contributed by atoms with Gasteiger partial charge in [-0.05, 0) is 68.9 Å². The zero-order valence-electron chi connectivity index (χ0n) is 17.6. The fraction of sp³-hybridized carbons (Fsp3) is 0.458. The summed E-state index contributed by atoms with van der Waals surface area (Å²) >= 11 is 3.39. The number of nitrogens with one attached hydrogen (secondary N) is 1. The molecule has 1 saturated carbocycles. The molecule has 31 heavy (non-hydrogen) atoms. The summed E-state index contributed by atoms with van der Waals surface area (Å²) in [4.78, 5) is 31.6. The Hall–Kier alpha value is -2.41. The number of hydrogen-bond acceptors (Lipinski definition) is 4. The molecule has 1 saturated heterocycles. The third-order valence-electron chi connectivity index (χ3n) is 6.13. The molecule has 2 fully saturated rings. The van der Waals surface area contributed by atoms with Gasteiger partial charge >= 0.3 is 0 Å². The molecule has 2 aromatic rings. The average Bonchev–Trinajstić information content (AvgIpc) is 3.31. The number of rotatable bonds is 6. The second kappa shape index (κ2) is 10.3. The van der Waals surface area contributed by atoms with Crippen molar-refractivity contribution in [2.24, 2.45) is 5.92 Å². The van der Waals surface area contributed by atoms with E-state index in [0.717, 1.165) is 22.9 Å². The van der Waals surface area contributed by atoms with Gasteiger partial charge in [0.1, 0.15) is 6.10 Å². The van der Waals surface area contributed by atoms with Crippen molar-refractivity contribution in [3.63, 3.8) is 0 Å². The molecule has 1 aromatic heterocycles. The van der Waals surface area contributed by atoms with Crippen molar-refractivity contribution in [2.45, 2.75) is 51.2 Å². The van der Waals surface area contributed by atoms with Gasteiger partial charge in [0, 0.05) is 47.3 Å². The van der Waals surface area contributed by atoms with Crippen LogP contribution in [0.4, 0.5) is 0 Å². The number of halogens is 1. The van der Waals surface area contributed by atoms with E-state index in [0.29, 0.717) is 43.9 Å². The first-order valence-electron chi connectivity index (χ1n) is 11.0. The molecule has 0 atom stereocenters. The van der Waals surface area contributed by atoms with Gasteiger partial charge < -0.3 is 15.0 Å². The highest BCUT2D eigenvalue weighted by molar-refractivity contribution is 9.10. The lowest BCUT2D eigenvalue weighted by atomic mass is 9.95. The van der Waals surface area contributed by atoms with Crippen LogP contribution in [0, 0.1) is 5.92 Å². The Morgan fingerprint density at radius 2 is 1.77 bits per heavy atom. The maximum absolute atomic E-state index is 12.7. The minimum atomic E-state index is -0.0789. The summed E-state index contributed by atoms with van der Waals surface area (Å²) in [6.07, 6.45) is 7.85. The number of carbonyl (C=O) groups excluding carboxylic acids is 2. The van der Waals surface area contributed by atoms with Crippen molar-refractivity contribution >= 4 is 27.7 Å². The predicted octanol–water partition coefficient (Wildman–Crippen LogP) is 4.33. The predicted molar refractivity (Wildman–Crippen MR) is 122 cm³/mol. The molecule has 1 N–H and O–H groups in total. The highest BCUT2D eigenvalue weighted by Crippen LogP contribution is 2.25. The fourth-order valence-electron chi connectivity index (χ4n) is 4.28. The van der Waals surface area contributed by atoms with Crippen LogP contribution in [0.25, 0.3) is 0 Å². The van der Waals surface area contributed by atoms with Gasteiger partial charge in [0.25, 0.3) is 5.91 Å². The van der Waals surface area contributed by atoms with E-state index in [1.807, 2.05) is 41.3 Å². The summed E-state index contributed by atoms with van der Waals surface area (Å²) < 4.78 is 7.01. The van der Waals surface area contributed by atoms with E-state index in [4.69, 9.17) is 4.74 Å². The highest BCUT2D eigenvalue weighted by Gasteiger charge is 2.28. The van der Waals surface area contributed by atoms with E-state index in [-0.39, 0.29) is 23.8 Å². The van der Waals surface area contributed by atoms with E-state index < -0.39 is 0 Å². The number of hydrogen-bond donors (Lipinski definition) is 1. The van der Waals surface area contributed by atoms with Crippen molar-refractivity contribution in [1.82, 2.24) is 15.2 Å². The number of pyridine rings is 1. The van der Waals surface area contributed by atoms with Crippen molar-refractivity contribution in [3.8, 4) is 5.88 Å². The Morgan fingerprint density at radius 1 is 1.06 bits per heavy atom. The van der Waals surface area contributed by atoms with Crippen LogP contribution in [0.15, 0.2) is 47.1 Å². The number of aromatic nitrogens is 1. The zero-order chi connectivity index (χ0) is 21.6. The van der Waals surface area contributed by atoms with Gasteiger partial charge in [-0.25, -0.2) is 4.98 Å². The molecule has 164 valence electrons. The number of ether oxygens (including phenoxy) is 1. The van der Waals surface area contributed by atoms with Gasteiger partial charge in [-0.3, -0.25) is 9.59 Å². The minimum Gasteiger partial charge on any atom is -0.474 e. The first-order valence-corrected chi connectivity index (χ1v) is 11.8. The molecular formula is C24H28BrN3O3. The van der Waals surface area contributed by atoms with Gasteiger partial charge in [0.15, 0.2) is 0 Å². The highest BCUT2D eigenvalue weighted by atomic mass is 79.9. The molecule has 1 aliphatic heterocycles. The lowest BCUT2D eigenvalue weighted by Crippen LogP contribution is -2.43. The van der Waals surface area contributed by atoms with E-state index in [1.54, 1.807) is 6.20 Å². The van der Waals surface area contributed by atoms with Gasteiger partial charge in [0.2, 0.25) is 11.8 Å². The molecule has 1 aromatic carbocycles. The lowest BCUT2D eigenvalue weighted by molar-refractivity contribution is -0.126. The SMILES string of the molecule is O=C(NCc1cccnc1OC1CCCC1)C1CCN(C(=O)c2ccc(Br)cc2)CC1. The van der Waals surface area contributed by atoms with E-state index in [2.05, 4.69) is 26.2 Å². The fourth-order valence-corrected chi connectivity index (χ4v) is 4.54. The van der Waals surface area contributed by atoms with Crippen LogP contribution < -0.4 is 10.1 Å². The van der Waals surface area contributed by atoms with Crippen LogP contribution >= 0.6 is 15.9 Å². The van der Waals surface area contributed by atoms with Crippen molar-refractivity contribution < 1.29 is 14.3 Å². The first-order chi connectivity index (χ1) is 15.1. The van der Waals surface area contributed by atoms with Gasteiger partial charge in [0.05, 0.1) is 0 Å². The number of likely N-dealkylation sites (tertiary alicyclic amines) is 1. The Bertz CT molecular complexity index is 905. The Morgan fingerprint density at radius 3 is 2.48 bits per heavy atom. The van der Waals surface area contributed by atoms with E-state index in [1.165, 1.54) is 12.8 Å². The molecule has 1 aliphatic carbocycles. The minimum absolute atomic E-state index is 0.0235. The maximum Gasteiger partial charge on any atom is 0.253 e. The van der Waals surface area contributed by atoms with Gasteiger partial charge in [-0.2, -0.15) is 0 Å². The van der Waals surface area contributed by atoms with Crippen molar-refractivity contribution in [1.29, 1.82) is 0 Å². The Kier molecular flexibility index (Phi) is 7.22. The molecule has 0 unspecified atom stereocenters. The number of piperidine rings is 1. The number of carbonyl (C=O) groups is 2. The summed E-state index contributed by atoms with van der Waals surface area (Å²) in [5.41, 5.74) is 1.59. The van der Waals surface area contributed by atoms with Crippen LogP contribution in [0.2, 0.25) is 0 Å². The molecule has 0 radical (unpaired) electrons. The van der Waals surface area contributed by atoms with Crippen molar-refractivity contribution in [2.75, 3.05) is 13.1 Å². The largest absolute Gasteiger partial charge is 0.474 e. The van der Waals surface area contributed by atoms with E-state index >= 15 is 0 Å². The monoisotopic (exact) mass is 485 g/mol. The molecular weight excluding hydrogens is 458 g/mol. The van der Waals surface area contributed by atoms with Crippen LogP contribution in [-0.2, 0) is 11.3 Å². The summed E-state index contributed by atoms with van der Waals surface area (Å²) in [5.74, 6) is 0.608. The van der Waals surface area contributed by atoms with Crippen LogP contribution in [-0.4, -0.2) is 40.9 Å². The maximum atomic E-state index is 12.7. The molecule has 4 rings (SSSR count). The second-order valence-electron chi connectivity index (χ2n) is 8.28. The third-order valence-corrected chi connectivity index (χ3v) is 6.66. The molecule has 6 nitrogen and oxygen atoms in total. The first kappa shape index (κ1) is 21.8. The third kappa shape index (κ3) is 5.64. The number of benzene rings is 1. The molecule has 2 amide bonds. The smallest absolute Gasteiger partial charge is 0.253 e. The normalized spacial score (nSPS) is 17.5. The van der Waals surface area contributed by atoms with Crippen LogP contribution in [0.5, 0.6) is 5.88 Å². The molecule has 7 heteroatoms. The Balaban J connectivity index is 1.27. The zero-order valence-corrected chi connectivity index (χ0v) is 19.1. The summed E-state index contributed by atoms with van der Waals surface area (Å²) in [6, 6.07) is 11.2. The van der Waals surface area contributed by atoms with E-state index in [9.17, 15) is 9.59 Å². The summed E-state index contributed by atoms with van der Waals surface area (Å²) in [5, 5.41) is 3.05.